The van der Waals surface area contributed by atoms with E-state index < -0.39 is 12.0 Å². The summed E-state index contributed by atoms with van der Waals surface area (Å²) in [5.74, 6) is -0.394. The number of nitrogens with one attached hydrogen (secondary N) is 2. The van der Waals surface area contributed by atoms with Gasteiger partial charge in [-0.25, -0.2) is 9.97 Å². The molecule has 2 atom stereocenters. The minimum Gasteiger partial charge on any atom is -0.468 e. The van der Waals surface area contributed by atoms with Crippen LogP contribution in [-0.2, 0) is 36.7 Å². The zero-order valence-electron chi connectivity index (χ0n) is 20.4. The Balaban J connectivity index is 0.000000196. The number of carbonyl (C=O) groups excluding carboxylic acids is 3. The number of methoxy groups -OCH3 is 2. The van der Waals surface area contributed by atoms with Crippen LogP contribution in [0, 0.1) is 0 Å². The highest BCUT2D eigenvalue weighted by molar-refractivity contribution is 7.10. The van der Waals surface area contributed by atoms with Crippen molar-refractivity contribution in [1.82, 2.24) is 30.4 Å². The summed E-state index contributed by atoms with van der Waals surface area (Å²) in [6.45, 7) is 2.41. The van der Waals surface area contributed by atoms with Crippen molar-refractivity contribution >= 4 is 40.5 Å². The number of amides is 2. The van der Waals surface area contributed by atoms with Crippen LogP contribution in [0.25, 0.3) is 0 Å². The van der Waals surface area contributed by atoms with Crippen LogP contribution in [0.3, 0.4) is 0 Å². The molecular formula is C22H32N6O5S2. The average molecular weight is 525 g/mol. The zero-order chi connectivity index (χ0) is 25.4. The lowest BCUT2D eigenvalue weighted by molar-refractivity contribution is -0.147. The summed E-state index contributed by atoms with van der Waals surface area (Å²) in [4.78, 5) is 49.9. The van der Waals surface area contributed by atoms with Crippen LogP contribution < -0.4 is 10.6 Å². The maximum Gasteiger partial charge on any atom is 0.325 e. The predicted octanol–water partition coefficient (Wildman–Crippen LogP) is 0.396. The van der Waals surface area contributed by atoms with Gasteiger partial charge in [-0.3, -0.25) is 14.4 Å². The van der Waals surface area contributed by atoms with Crippen molar-refractivity contribution < 1.29 is 23.9 Å². The van der Waals surface area contributed by atoms with Crippen LogP contribution >= 0.6 is 22.7 Å². The van der Waals surface area contributed by atoms with Crippen LogP contribution in [0.1, 0.15) is 33.2 Å². The fourth-order valence-corrected chi connectivity index (χ4v) is 5.88. The molecule has 192 valence electrons. The van der Waals surface area contributed by atoms with Crippen molar-refractivity contribution in [1.29, 1.82) is 0 Å². The number of nitrogens with zero attached hydrogens (tertiary/aromatic N) is 4. The minimum absolute atomic E-state index is 0.0115. The Morgan fingerprint density at radius 1 is 0.971 bits per heavy atom. The number of esters is 1. The lowest BCUT2D eigenvalue weighted by Crippen LogP contribution is -2.41. The molecule has 4 heterocycles. The Hall–Kier alpha value is -2.45. The summed E-state index contributed by atoms with van der Waals surface area (Å²) in [7, 11) is 6.51. The van der Waals surface area contributed by atoms with Gasteiger partial charge in [0, 0.05) is 39.6 Å². The molecule has 2 N–H and O–H groups in total. The van der Waals surface area contributed by atoms with E-state index in [0.29, 0.717) is 26.1 Å². The molecule has 0 bridgehead atoms. The van der Waals surface area contributed by atoms with E-state index in [0.717, 1.165) is 34.1 Å². The van der Waals surface area contributed by atoms with Gasteiger partial charge in [0.1, 0.15) is 18.6 Å². The topological polar surface area (TPSA) is 126 Å². The van der Waals surface area contributed by atoms with E-state index in [1.165, 1.54) is 23.3 Å². The lowest BCUT2D eigenvalue weighted by Gasteiger charge is -2.23. The van der Waals surface area contributed by atoms with Crippen LogP contribution in [-0.4, -0.2) is 98.7 Å². The summed E-state index contributed by atoms with van der Waals surface area (Å²) >= 11 is 3.01. The molecule has 0 aromatic carbocycles. The number of carbonyl (C=O) groups is 3. The van der Waals surface area contributed by atoms with Gasteiger partial charge in [0.25, 0.3) is 0 Å². The predicted molar refractivity (Wildman–Crippen MR) is 132 cm³/mol. The molecule has 0 aliphatic carbocycles. The molecule has 0 radical (unpaired) electrons. The first-order valence-corrected chi connectivity index (χ1v) is 13.0. The summed E-state index contributed by atoms with van der Waals surface area (Å²) in [5.41, 5.74) is 5.54. The molecule has 2 aliphatic rings. The summed E-state index contributed by atoms with van der Waals surface area (Å²) in [6, 6.07) is -0.670. The van der Waals surface area contributed by atoms with Crippen molar-refractivity contribution in [2.45, 2.75) is 24.9 Å². The highest BCUT2D eigenvalue weighted by Crippen LogP contribution is 2.28. The number of hydrogen-bond donors (Lipinski definition) is 2. The Bertz CT molecular complexity index is 1010. The van der Waals surface area contributed by atoms with Gasteiger partial charge in [-0.05, 0) is 14.1 Å². The standard InChI is InChI=1S/C11H15N3O3S.C11H17N3O2S/c1-12-9-10-7(13-6-18-10)3-4-14(11(9)16)5-8(15)17-2;1-12-9-10-8(13-7-17-10)3-4-14(11(9)15)5-6-16-2/h6,9,12H,3-5H2,1-2H3;7,9,12H,3-6H2,1-2H3. The number of ether oxygens (including phenoxy) is 2. The molecule has 2 aliphatic heterocycles. The first-order valence-electron chi connectivity index (χ1n) is 11.3. The summed E-state index contributed by atoms with van der Waals surface area (Å²) in [6.07, 6.45) is 1.49. The van der Waals surface area contributed by atoms with Gasteiger partial charge < -0.3 is 29.9 Å². The fraction of sp³-hybridized carbons (Fsp3) is 0.591. The minimum atomic E-state index is -0.417. The molecule has 2 unspecified atom stereocenters. The molecule has 13 heteroatoms. The maximum atomic E-state index is 12.3. The van der Waals surface area contributed by atoms with Crippen LogP contribution in [0.2, 0.25) is 0 Å². The Kier molecular flexibility index (Phi) is 10.1. The third kappa shape index (κ3) is 6.41. The van der Waals surface area contributed by atoms with E-state index in [9.17, 15) is 14.4 Å². The first-order chi connectivity index (χ1) is 16.9. The second-order valence-corrected chi connectivity index (χ2v) is 9.70. The van der Waals surface area contributed by atoms with Crippen LogP contribution in [0.4, 0.5) is 0 Å². The van der Waals surface area contributed by atoms with Crippen molar-refractivity contribution in [2.24, 2.45) is 0 Å². The van der Waals surface area contributed by atoms with E-state index in [1.807, 2.05) is 17.5 Å². The Morgan fingerprint density at radius 2 is 1.49 bits per heavy atom. The highest BCUT2D eigenvalue weighted by atomic mass is 32.1. The van der Waals surface area contributed by atoms with E-state index in [2.05, 4.69) is 25.3 Å². The molecule has 11 nitrogen and oxygen atoms in total. The Labute approximate surface area is 212 Å². The van der Waals surface area contributed by atoms with E-state index in [1.54, 1.807) is 31.0 Å². The second kappa shape index (κ2) is 13.0. The summed E-state index contributed by atoms with van der Waals surface area (Å²) in [5, 5.41) is 6.07. The summed E-state index contributed by atoms with van der Waals surface area (Å²) < 4.78 is 9.64. The average Bonchev–Trinajstić information content (AvgIpc) is 3.47. The maximum absolute atomic E-state index is 12.3. The molecule has 0 spiro atoms. The number of hydrogen-bond acceptors (Lipinski definition) is 11. The van der Waals surface area contributed by atoms with Crippen LogP contribution in [0.5, 0.6) is 0 Å². The van der Waals surface area contributed by atoms with Crippen molar-refractivity contribution in [3.8, 4) is 0 Å². The lowest BCUT2D eigenvalue weighted by atomic mass is 10.2. The van der Waals surface area contributed by atoms with Gasteiger partial charge >= 0.3 is 5.97 Å². The van der Waals surface area contributed by atoms with Gasteiger partial charge in [-0.1, -0.05) is 0 Å². The fourth-order valence-electron chi connectivity index (χ4n) is 4.00. The molecule has 0 saturated carbocycles. The van der Waals surface area contributed by atoms with E-state index in [4.69, 9.17) is 4.74 Å². The molecular weight excluding hydrogens is 492 g/mol. The largest absolute Gasteiger partial charge is 0.468 e. The number of likely N-dealkylation sites (N-methyl/N-ethyl adjacent to an activating group) is 2. The second-order valence-electron chi connectivity index (χ2n) is 7.92. The SMILES string of the molecule is CNC1C(=O)N(CC(=O)OC)CCc2ncsc21.CNC1C(=O)N(CCOC)CCc2ncsc21. The number of thiazole rings is 2. The highest BCUT2D eigenvalue weighted by Gasteiger charge is 2.33. The quantitative estimate of drug-likeness (QED) is 0.495. The molecule has 2 aromatic heterocycles. The van der Waals surface area contributed by atoms with Gasteiger partial charge in [0.05, 0.1) is 45.9 Å². The van der Waals surface area contributed by atoms with Crippen molar-refractivity contribution in [2.75, 3.05) is 61.1 Å². The normalized spacial score (nSPS) is 19.8. The molecule has 4 rings (SSSR count). The zero-order valence-corrected chi connectivity index (χ0v) is 22.0. The molecule has 2 aromatic rings. The number of fused-ring (bicyclic) bond motifs is 2. The molecule has 2 amide bonds. The van der Waals surface area contributed by atoms with Crippen molar-refractivity contribution in [3.63, 3.8) is 0 Å². The van der Waals surface area contributed by atoms with Gasteiger partial charge in [-0.2, -0.15) is 0 Å². The molecule has 35 heavy (non-hydrogen) atoms. The Morgan fingerprint density at radius 3 is 1.97 bits per heavy atom. The third-order valence-corrected chi connectivity index (χ3v) is 7.79. The van der Waals surface area contributed by atoms with Crippen molar-refractivity contribution in [3.05, 3.63) is 32.2 Å². The molecule has 0 saturated heterocycles. The first kappa shape index (κ1) is 27.1. The van der Waals surface area contributed by atoms with Crippen LogP contribution in [0.15, 0.2) is 11.0 Å². The van der Waals surface area contributed by atoms with Gasteiger partial charge in [0.2, 0.25) is 11.8 Å². The van der Waals surface area contributed by atoms with Gasteiger partial charge in [0.15, 0.2) is 0 Å². The van der Waals surface area contributed by atoms with Gasteiger partial charge in [-0.15, -0.1) is 22.7 Å². The number of aromatic nitrogens is 2. The van der Waals surface area contributed by atoms with E-state index >= 15 is 0 Å². The number of rotatable bonds is 7. The molecule has 0 fully saturated rings. The van der Waals surface area contributed by atoms with E-state index in [-0.39, 0.29) is 24.4 Å². The smallest absolute Gasteiger partial charge is 0.325 e. The monoisotopic (exact) mass is 524 g/mol. The third-order valence-electron chi connectivity index (χ3n) is 5.91.